The Balaban J connectivity index is 1.78. The van der Waals surface area contributed by atoms with E-state index in [4.69, 9.17) is 8.94 Å². The van der Waals surface area contributed by atoms with Crippen LogP contribution in [0, 0.1) is 12.7 Å². The summed E-state index contributed by atoms with van der Waals surface area (Å²) in [5.41, 5.74) is 0.688. The van der Waals surface area contributed by atoms with Crippen LogP contribution < -0.4 is 5.32 Å². The number of hydrogen-bond acceptors (Lipinski definition) is 4. The Bertz CT molecular complexity index is 774. The van der Waals surface area contributed by atoms with Crippen LogP contribution in [-0.4, -0.2) is 11.1 Å². The van der Waals surface area contributed by atoms with E-state index in [1.165, 1.54) is 12.1 Å². The summed E-state index contributed by atoms with van der Waals surface area (Å²) in [6.07, 6.45) is 0. The number of benzene rings is 1. The SMILES string of the molecule is Cc1cc(NC(=O)c2ccc(-c3ccc(F)cc3)o2)no1. The van der Waals surface area contributed by atoms with Gasteiger partial charge in [0.1, 0.15) is 17.3 Å². The molecule has 0 aliphatic heterocycles. The van der Waals surface area contributed by atoms with Crippen molar-refractivity contribution >= 4 is 11.7 Å². The van der Waals surface area contributed by atoms with E-state index in [9.17, 15) is 9.18 Å². The third kappa shape index (κ3) is 2.84. The van der Waals surface area contributed by atoms with Gasteiger partial charge in [0.25, 0.3) is 5.91 Å². The highest BCUT2D eigenvalue weighted by atomic mass is 19.1. The molecule has 5 nitrogen and oxygen atoms in total. The first kappa shape index (κ1) is 13.1. The summed E-state index contributed by atoms with van der Waals surface area (Å²) >= 11 is 0. The summed E-state index contributed by atoms with van der Waals surface area (Å²) in [4.78, 5) is 12.0. The number of halogens is 1. The Morgan fingerprint density at radius 3 is 2.62 bits per heavy atom. The number of anilines is 1. The van der Waals surface area contributed by atoms with Crippen molar-refractivity contribution in [3.8, 4) is 11.3 Å². The molecule has 1 aromatic carbocycles. The number of hydrogen-bond donors (Lipinski definition) is 1. The third-order valence-electron chi connectivity index (χ3n) is 2.83. The van der Waals surface area contributed by atoms with E-state index in [2.05, 4.69) is 10.5 Å². The smallest absolute Gasteiger partial charge is 0.292 e. The number of rotatable bonds is 3. The Labute approximate surface area is 119 Å². The molecule has 1 N–H and O–H groups in total. The van der Waals surface area contributed by atoms with Gasteiger partial charge in [-0.3, -0.25) is 4.79 Å². The van der Waals surface area contributed by atoms with Crippen molar-refractivity contribution in [1.82, 2.24) is 5.16 Å². The molecule has 0 spiro atoms. The van der Waals surface area contributed by atoms with Crippen molar-refractivity contribution in [3.05, 3.63) is 59.8 Å². The zero-order valence-corrected chi connectivity index (χ0v) is 11.1. The summed E-state index contributed by atoms with van der Waals surface area (Å²) in [5, 5.41) is 6.22. The Kier molecular flexibility index (Phi) is 3.27. The van der Waals surface area contributed by atoms with Crippen LogP contribution in [0.25, 0.3) is 11.3 Å². The van der Waals surface area contributed by atoms with E-state index < -0.39 is 5.91 Å². The van der Waals surface area contributed by atoms with Crippen LogP contribution in [0.4, 0.5) is 10.2 Å². The van der Waals surface area contributed by atoms with Gasteiger partial charge in [0.15, 0.2) is 11.6 Å². The van der Waals surface area contributed by atoms with Crippen molar-refractivity contribution < 1.29 is 18.1 Å². The number of furan rings is 1. The molecule has 0 aliphatic rings. The van der Waals surface area contributed by atoms with E-state index in [1.54, 1.807) is 37.3 Å². The molecule has 0 saturated carbocycles. The Morgan fingerprint density at radius 1 is 1.19 bits per heavy atom. The molecule has 106 valence electrons. The molecule has 0 fully saturated rings. The number of aromatic nitrogens is 1. The molecule has 21 heavy (non-hydrogen) atoms. The maximum Gasteiger partial charge on any atom is 0.292 e. The van der Waals surface area contributed by atoms with Crippen molar-refractivity contribution in [2.75, 3.05) is 5.32 Å². The van der Waals surface area contributed by atoms with Gasteiger partial charge in [-0.1, -0.05) is 5.16 Å². The van der Waals surface area contributed by atoms with Crippen LogP contribution in [0.1, 0.15) is 16.3 Å². The minimum atomic E-state index is -0.434. The predicted octanol–water partition coefficient (Wildman–Crippen LogP) is 3.63. The molecule has 0 aliphatic carbocycles. The summed E-state index contributed by atoms with van der Waals surface area (Å²) in [5.74, 6) is 0.766. The highest BCUT2D eigenvalue weighted by Gasteiger charge is 2.14. The number of amides is 1. The van der Waals surface area contributed by atoms with Gasteiger partial charge in [0, 0.05) is 11.6 Å². The fourth-order valence-corrected chi connectivity index (χ4v) is 1.83. The number of aryl methyl sites for hydroxylation is 1. The standard InChI is InChI=1S/C15H11FN2O3/c1-9-8-14(18-21-9)17-15(19)13-7-6-12(20-13)10-2-4-11(16)5-3-10/h2-8H,1H3,(H,17,18,19). The minimum absolute atomic E-state index is 0.134. The average molecular weight is 286 g/mol. The third-order valence-corrected chi connectivity index (χ3v) is 2.83. The second kappa shape index (κ2) is 5.24. The fraction of sp³-hybridized carbons (Fsp3) is 0.0667. The van der Waals surface area contributed by atoms with Gasteiger partial charge < -0.3 is 14.3 Å². The molecular formula is C15H11FN2O3. The zero-order valence-electron chi connectivity index (χ0n) is 11.1. The minimum Gasteiger partial charge on any atom is -0.451 e. The van der Waals surface area contributed by atoms with Crippen LogP contribution in [0.2, 0.25) is 0 Å². The first-order valence-corrected chi connectivity index (χ1v) is 6.22. The predicted molar refractivity (Wildman–Crippen MR) is 73.3 cm³/mol. The summed E-state index contributed by atoms with van der Waals surface area (Å²) in [6.45, 7) is 1.72. The summed E-state index contributed by atoms with van der Waals surface area (Å²) < 4.78 is 23.2. The zero-order chi connectivity index (χ0) is 14.8. The van der Waals surface area contributed by atoms with Gasteiger partial charge >= 0.3 is 0 Å². The lowest BCUT2D eigenvalue weighted by Crippen LogP contribution is -2.10. The molecule has 6 heteroatoms. The lowest BCUT2D eigenvalue weighted by Gasteiger charge is -1.98. The van der Waals surface area contributed by atoms with Crippen molar-refractivity contribution in [2.45, 2.75) is 6.92 Å². The molecule has 0 atom stereocenters. The highest BCUT2D eigenvalue weighted by Crippen LogP contribution is 2.23. The second-order valence-corrected chi connectivity index (χ2v) is 4.45. The monoisotopic (exact) mass is 286 g/mol. The Hall–Kier alpha value is -2.89. The van der Waals surface area contributed by atoms with Crippen LogP contribution in [0.3, 0.4) is 0 Å². The second-order valence-electron chi connectivity index (χ2n) is 4.45. The molecule has 3 rings (SSSR count). The van der Waals surface area contributed by atoms with Crippen LogP contribution in [-0.2, 0) is 0 Å². The number of carbonyl (C=O) groups excluding carboxylic acids is 1. The van der Waals surface area contributed by atoms with Gasteiger partial charge in [0.05, 0.1) is 0 Å². The van der Waals surface area contributed by atoms with E-state index in [-0.39, 0.29) is 11.6 Å². The average Bonchev–Trinajstić information content (AvgIpc) is 3.09. The molecule has 0 bridgehead atoms. The van der Waals surface area contributed by atoms with Crippen LogP contribution >= 0.6 is 0 Å². The number of carbonyl (C=O) groups is 1. The van der Waals surface area contributed by atoms with Crippen LogP contribution in [0.15, 0.2) is 51.4 Å². The van der Waals surface area contributed by atoms with Gasteiger partial charge in [-0.05, 0) is 43.3 Å². The van der Waals surface area contributed by atoms with E-state index >= 15 is 0 Å². The van der Waals surface area contributed by atoms with Gasteiger partial charge in [0.2, 0.25) is 0 Å². The van der Waals surface area contributed by atoms with Gasteiger partial charge in [-0.25, -0.2) is 4.39 Å². The molecule has 1 amide bonds. The molecule has 0 radical (unpaired) electrons. The normalized spacial score (nSPS) is 10.6. The lowest BCUT2D eigenvalue weighted by molar-refractivity contribution is 0.0996. The first-order chi connectivity index (χ1) is 10.1. The summed E-state index contributed by atoms with van der Waals surface area (Å²) in [7, 11) is 0. The molecule has 0 saturated heterocycles. The maximum atomic E-state index is 12.9. The van der Waals surface area contributed by atoms with Crippen molar-refractivity contribution in [1.29, 1.82) is 0 Å². The van der Waals surface area contributed by atoms with Crippen molar-refractivity contribution in [2.24, 2.45) is 0 Å². The van der Waals surface area contributed by atoms with E-state index in [0.29, 0.717) is 22.9 Å². The number of nitrogens with one attached hydrogen (secondary N) is 1. The van der Waals surface area contributed by atoms with Gasteiger partial charge in [-0.2, -0.15) is 0 Å². The van der Waals surface area contributed by atoms with Crippen LogP contribution in [0.5, 0.6) is 0 Å². The molecule has 0 unspecified atom stereocenters. The highest BCUT2D eigenvalue weighted by molar-refractivity contribution is 6.02. The van der Waals surface area contributed by atoms with E-state index in [0.717, 1.165) is 0 Å². The summed E-state index contributed by atoms with van der Waals surface area (Å²) in [6, 6.07) is 10.6. The fourth-order valence-electron chi connectivity index (χ4n) is 1.83. The maximum absolute atomic E-state index is 12.9. The Morgan fingerprint density at radius 2 is 1.95 bits per heavy atom. The molecule has 3 aromatic rings. The molecule has 2 aromatic heterocycles. The van der Waals surface area contributed by atoms with Crippen molar-refractivity contribution in [3.63, 3.8) is 0 Å². The molecular weight excluding hydrogens is 275 g/mol. The van der Waals surface area contributed by atoms with E-state index in [1.807, 2.05) is 0 Å². The first-order valence-electron chi connectivity index (χ1n) is 6.22. The quantitative estimate of drug-likeness (QED) is 0.798. The largest absolute Gasteiger partial charge is 0.451 e. The number of nitrogens with zero attached hydrogens (tertiary/aromatic N) is 1. The molecule has 2 heterocycles. The van der Waals surface area contributed by atoms with Gasteiger partial charge in [-0.15, -0.1) is 0 Å². The topological polar surface area (TPSA) is 68.3 Å². The lowest BCUT2D eigenvalue weighted by atomic mass is 10.2.